The predicted molar refractivity (Wildman–Crippen MR) is 57.0 cm³/mol. The molecule has 0 aliphatic carbocycles. The summed E-state index contributed by atoms with van der Waals surface area (Å²) in [5, 5.41) is 8.89. The second kappa shape index (κ2) is 5.21. The fourth-order valence-electron chi connectivity index (χ4n) is 1.54. The quantitative estimate of drug-likeness (QED) is 0.878. The van der Waals surface area contributed by atoms with Crippen LogP contribution in [-0.2, 0) is 12.6 Å². The molecule has 1 aromatic rings. The molecule has 0 bridgehead atoms. The first kappa shape index (κ1) is 13.5. The molecule has 0 saturated heterocycles. The van der Waals surface area contributed by atoms with Crippen LogP contribution in [0.15, 0.2) is 18.2 Å². The molecule has 1 aromatic carbocycles. The van der Waals surface area contributed by atoms with E-state index in [0.29, 0.717) is 18.1 Å². The molecule has 0 spiro atoms. The molecule has 0 aromatic heterocycles. The Balaban J connectivity index is 3.13. The highest BCUT2D eigenvalue weighted by atomic mass is 19.4. The molecule has 1 rings (SSSR count). The number of carbonyl (C=O) groups is 1. The van der Waals surface area contributed by atoms with E-state index in [1.54, 1.807) is 0 Å². The highest BCUT2D eigenvalue weighted by molar-refractivity contribution is 5.89. The van der Waals surface area contributed by atoms with Crippen LogP contribution < -0.4 is 0 Å². The molecule has 0 saturated carbocycles. The van der Waals surface area contributed by atoms with Crippen molar-refractivity contribution in [2.24, 2.45) is 0 Å². The van der Waals surface area contributed by atoms with Crippen LogP contribution in [0.5, 0.6) is 0 Å². The number of carboxylic acids is 1. The van der Waals surface area contributed by atoms with Crippen LogP contribution in [0.3, 0.4) is 0 Å². The maximum Gasteiger partial charge on any atom is 0.416 e. The minimum absolute atomic E-state index is 0.256. The third-order valence-electron chi connectivity index (χ3n) is 2.47. The first-order valence-corrected chi connectivity index (χ1v) is 5.29. The lowest BCUT2D eigenvalue weighted by molar-refractivity contribution is -0.137. The van der Waals surface area contributed by atoms with Crippen molar-refractivity contribution in [2.75, 3.05) is 0 Å². The number of benzene rings is 1. The van der Waals surface area contributed by atoms with E-state index in [9.17, 15) is 18.0 Å². The standard InChI is InChI=1S/C12H13F3O2/c1-2-3-4-8-5-6-9(12(13,14)15)7-10(8)11(16)17/h5-7H,2-4H2,1H3,(H,16,17). The molecule has 0 heterocycles. The van der Waals surface area contributed by atoms with Crippen molar-refractivity contribution in [2.45, 2.75) is 32.4 Å². The first-order valence-electron chi connectivity index (χ1n) is 5.29. The average Bonchev–Trinajstić information content (AvgIpc) is 2.24. The maximum atomic E-state index is 12.4. The van der Waals surface area contributed by atoms with Crippen molar-refractivity contribution in [3.05, 3.63) is 34.9 Å². The molecule has 0 amide bonds. The Hall–Kier alpha value is -1.52. The van der Waals surface area contributed by atoms with E-state index in [1.807, 2.05) is 6.92 Å². The number of hydrogen-bond donors (Lipinski definition) is 1. The summed E-state index contributed by atoms with van der Waals surface area (Å²) in [4.78, 5) is 10.9. The van der Waals surface area contributed by atoms with Gasteiger partial charge >= 0.3 is 12.1 Å². The molecule has 0 unspecified atom stereocenters. The van der Waals surface area contributed by atoms with E-state index >= 15 is 0 Å². The van der Waals surface area contributed by atoms with Gasteiger partial charge in [-0.05, 0) is 30.5 Å². The van der Waals surface area contributed by atoms with E-state index in [-0.39, 0.29) is 5.56 Å². The van der Waals surface area contributed by atoms with Gasteiger partial charge in [-0.15, -0.1) is 0 Å². The lowest BCUT2D eigenvalue weighted by atomic mass is 9.99. The van der Waals surface area contributed by atoms with Gasteiger partial charge in [0.1, 0.15) is 0 Å². The fraction of sp³-hybridized carbons (Fsp3) is 0.417. The van der Waals surface area contributed by atoms with Crippen molar-refractivity contribution in [3.63, 3.8) is 0 Å². The lowest BCUT2D eigenvalue weighted by Gasteiger charge is -2.10. The number of aryl methyl sites for hydroxylation is 1. The summed E-state index contributed by atoms with van der Waals surface area (Å²) in [6, 6.07) is 2.88. The van der Waals surface area contributed by atoms with E-state index in [1.165, 1.54) is 6.07 Å². The van der Waals surface area contributed by atoms with Gasteiger partial charge in [0, 0.05) is 0 Å². The largest absolute Gasteiger partial charge is 0.478 e. The Morgan fingerprint density at radius 1 is 1.35 bits per heavy atom. The minimum atomic E-state index is -4.51. The summed E-state index contributed by atoms with van der Waals surface area (Å²) in [6.45, 7) is 1.94. The number of aromatic carboxylic acids is 1. The summed E-state index contributed by atoms with van der Waals surface area (Å²) in [5.74, 6) is -1.32. The highest BCUT2D eigenvalue weighted by Crippen LogP contribution is 2.30. The molecule has 0 atom stereocenters. The average molecular weight is 246 g/mol. The Bertz CT molecular complexity index is 411. The predicted octanol–water partition coefficient (Wildman–Crippen LogP) is 3.75. The maximum absolute atomic E-state index is 12.4. The van der Waals surface area contributed by atoms with Crippen molar-refractivity contribution in [1.82, 2.24) is 0 Å². The van der Waals surface area contributed by atoms with Gasteiger partial charge in [-0.25, -0.2) is 4.79 Å². The summed E-state index contributed by atoms with van der Waals surface area (Å²) in [7, 11) is 0. The van der Waals surface area contributed by atoms with Crippen molar-refractivity contribution in [3.8, 4) is 0 Å². The summed E-state index contributed by atoms with van der Waals surface area (Å²) in [6.07, 6.45) is -2.41. The van der Waals surface area contributed by atoms with Gasteiger partial charge in [0.2, 0.25) is 0 Å². The van der Waals surface area contributed by atoms with Crippen LogP contribution in [0.2, 0.25) is 0 Å². The van der Waals surface area contributed by atoms with Crippen molar-refractivity contribution < 1.29 is 23.1 Å². The first-order chi connectivity index (χ1) is 7.86. The number of hydrogen-bond acceptors (Lipinski definition) is 1. The molecule has 0 radical (unpaired) electrons. The second-order valence-corrected chi connectivity index (χ2v) is 3.78. The van der Waals surface area contributed by atoms with Crippen LogP contribution in [0.4, 0.5) is 13.2 Å². The van der Waals surface area contributed by atoms with Gasteiger partial charge in [0.05, 0.1) is 11.1 Å². The Kier molecular flexibility index (Phi) is 4.15. The highest BCUT2D eigenvalue weighted by Gasteiger charge is 2.31. The third-order valence-corrected chi connectivity index (χ3v) is 2.47. The van der Waals surface area contributed by atoms with Crippen LogP contribution in [-0.4, -0.2) is 11.1 Å². The van der Waals surface area contributed by atoms with Crippen LogP contribution >= 0.6 is 0 Å². The van der Waals surface area contributed by atoms with E-state index < -0.39 is 17.7 Å². The number of alkyl halides is 3. The molecule has 5 heteroatoms. The van der Waals surface area contributed by atoms with Gasteiger partial charge in [0.15, 0.2) is 0 Å². The molecular formula is C12H13F3O2. The summed E-state index contributed by atoms with van der Waals surface area (Å²) >= 11 is 0. The van der Waals surface area contributed by atoms with E-state index in [0.717, 1.165) is 18.9 Å². The van der Waals surface area contributed by atoms with Crippen LogP contribution in [0, 0.1) is 0 Å². The van der Waals surface area contributed by atoms with E-state index in [4.69, 9.17) is 5.11 Å². The van der Waals surface area contributed by atoms with Crippen LogP contribution in [0.1, 0.15) is 41.3 Å². The lowest BCUT2D eigenvalue weighted by Crippen LogP contribution is -2.09. The molecular weight excluding hydrogens is 233 g/mol. The Labute approximate surface area is 97.1 Å². The number of rotatable bonds is 4. The molecule has 17 heavy (non-hydrogen) atoms. The van der Waals surface area contributed by atoms with E-state index in [2.05, 4.69) is 0 Å². The fourth-order valence-corrected chi connectivity index (χ4v) is 1.54. The van der Waals surface area contributed by atoms with Gasteiger partial charge in [-0.3, -0.25) is 0 Å². The Morgan fingerprint density at radius 3 is 2.47 bits per heavy atom. The Morgan fingerprint density at radius 2 is 2.00 bits per heavy atom. The summed E-state index contributed by atoms with van der Waals surface area (Å²) in [5.41, 5.74) is -0.726. The number of carboxylic acid groups (broad SMARTS) is 1. The molecule has 0 aliphatic heterocycles. The van der Waals surface area contributed by atoms with Gasteiger partial charge in [0.25, 0.3) is 0 Å². The number of unbranched alkanes of at least 4 members (excludes halogenated alkanes) is 1. The molecule has 1 N–H and O–H groups in total. The monoisotopic (exact) mass is 246 g/mol. The zero-order chi connectivity index (χ0) is 13.1. The third kappa shape index (κ3) is 3.47. The SMILES string of the molecule is CCCCc1ccc(C(F)(F)F)cc1C(=O)O. The van der Waals surface area contributed by atoms with Gasteiger partial charge in [-0.2, -0.15) is 13.2 Å². The zero-order valence-corrected chi connectivity index (χ0v) is 9.34. The van der Waals surface area contributed by atoms with Crippen LogP contribution in [0.25, 0.3) is 0 Å². The van der Waals surface area contributed by atoms with Crippen molar-refractivity contribution >= 4 is 5.97 Å². The molecule has 2 nitrogen and oxygen atoms in total. The normalized spacial score (nSPS) is 11.5. The number of halogens is 3. The summed E-state index contributed by atoms with van der Waals surface area (Å²) < 4.78 is 37.3. The van der Waals surface area contributed by atoms with Crippen molar-refractivity contribution in [1.29, 1.82) is 0 Å². The zero-order valence-electron chi connectivity index (χ0n) is 9.34. The molecule has 0 fully saturated rings. The topological polar surface area (TPSA) is 37.3 Å². The molecule has 0 aliphatic rings. The molecule has 94 valence electrons. The second-order valence-electron chi connectivity index (χ2n) is 3.78. The smallest absolute Gasteiger partial charge is 0.416 e. The van der Waals surface area contributed by atoms with Gasteiger partial charge < -0.3 is 5.11 Å². The minimum Gasteiger partial charge on any atom is -0.478 e. The van der Waals surface area contributed by atoms with Gasteiger partial charge in [-0.1, -0.05) is 19.4 Å².